The van der Waals surface area contributed by atoms with Gasteiger partial charge in [-0.2, -0.15) is 0 Å². The standard InChI is InChI=1S/C22H26FN3O3S/c1-22(2,3)29-21(28)26-11-16-5-4-10-25(16)12-18(26)20-24-17(13-30-20)19(27)14-6-8-15(23)9-7-14/h6-9,13,16,18H,4-5,10-12H2,1-3H3/t16-,18-/m0/s1. The molecular weight excluding hydrogens is 405 g/mol. The van der Waals surface area contributed by atoms with Crippen LogP contribution < -0.4 is 0 Å². The number of amides is 1. The van der Waals surface area contributed by atoms with Gasteiger partial charge in [-0.05, 0) is 64.4 Å². The van der Waals surface area contributed by atoms with Gasteiger partial charge < -0.3 is 4.74 Å². The highest BCUT2D eigenvalue weighted by molar-refractivity contribution is 7.10. The molecule has 0 aliphatic carbocycles. The van der Waals surface area contributed by atoms with E-state index in [4.69, 9.17) is 4.74 Å². The van der Waals surface area contributed by atoms with E-state index in [1.54, 1.807) is 10.3 Å². The van der Waals surface area contributed by atoms with Crippen molar-refractivity contribution in [3.63, 3.8) is 0 Å². The summed E-state index contributed by atoms with van der Waals surface area (Å²) in [6, 6.07) is 5.53. The molecule has 2 aromatic rings. The van der Waals surface area contributed by atoms with Crippen LogP contribution in [0.1, 0.15) is 60.7 Å². The summed E-state index contributed by atoms with van der Waals surface area (Å²) in [6.07, 6.45) is 1.84. The van der Waals surface area contributed by atoms with Crippen molar-refractivity contribution < 1.29 is 18.7 Å². The Hall–Kier alpha value is -2.32. The normalized spacial score (nSPS) is 22.1. The summed E-state index contributed by atoms with van der Waals surface area (Å²) >= 11 is 1.37. The van der Waals surface area contributed by atoms with E-state index in [1.165, 1.54) is 35.6 Å². The molecule has 2 atom stereocenters. The second kappa shape index (κ2) is 8.07. The predicted octanol–water partition coefficient (Wildman–Crippen LogP) is 4.27. The van der Waals surface area contributed by atoms with Crippen molar-refractivity contribution in [2.24, 2.45) is 0 Å². The molecule has 0 spiro atoms. The van der Waals surface area contributed by atoms with Gasteiger partial charge in [0.1, 0.15) is 22.1 Å². The highest BCUT2D eigenvalue weighted by Gasteiger charge is 2.42. The van der Waals surface area contributed by atoms with Crippen LogP contribution in [0.15, 0.2) is 29.6 Å². The van der Waals surface area contributed by atoms with Crippen LogP contribution in [-0.2, 0) is 4.74 Å². The van der Waals surface area contributed by atoms with E-state index >= 15 is 0 Å². The van der Waals surface area contributed by atoms with Gasteiger partial charge in [0.15, 0.2) is 0 Å². The summed E-state index contributed by atoms with van der Waals surface area (Å²) in [5, 5.41) is 2.43. The fraction of sp³-hybridized carbons (Fsp3) is 0.500. The molecule has 30 heavy (non-hydrogen) atoms. The molecule has 3 heterocycles. The molecule has 2 aliphatic heterocycles. The number of carbonyl (C=O) groups is 2. The number of aromatic nitrogens is 1. The van der Waals surface area contributed by atoms with E-state index in [-0.39, 0.29) is 23.7 Å². The quantitative estimate of drug-likeness (QED) is 0.679. The largest absolute Gasteiger partial charge is 0.444 e. The maximum absolute atomic E-state index is 13.2. The number of piperazine rings is 1. The lowest BCUT2D eigenvalue weighted by atomic mass is 10.1. The van der Waals surface area contributed by atoms with E-state index in [1.807, 2.05) is 20.8 Å². The van der Waals surface area contributed by atoms with Gasteiger partial charge in [0.25, 0.3) is 0 Å². The number of rotatable bonds is 3. The Morgan fingerprint density at radius 3 is 2.63 bits per heavy atom. The van der Waals surface area contributed by atoms with Crippen LogP contribution in [0.2, 0.25) is 0 Å². The van der Waals surface area contributed by atoms with Gasteiger partial charge in [0.2, 0.25) is 5.78 Å². The van der Waals surface area contributed by atoms with Crippen LogP contribution in [-0.4, -0.2) is 57.9 Å². The van der Waals surface area contributed by atoms with Gasteiger partial charge in [0.05, 0.1) is 6.04 Å². The molecule has 0 N–H and O–H groups in total. The molecule has 1 amide bonds. The first-order chi connectivity index (χ1) is 14.2. The molecule has 1 aromatic heterocycles. The smallest absolute Gasteiger partial charge is 0.410 e. The number of ketones is 1. The molecule has 160 valence electrons. The van der Waals surface area contributed by atoms with E-state index in [0.29, 0.717) is 30.4 Å². The van der Waals surface area contributed by atoms with Crippen molar-refractivity contribution >= 4 is 23.2 Å². The molecule has 4 rings (SSSR count). The summed E-state index contributed by atoms with van der Waals surface area (Å²) in [7, 11) is 0. The third-order valence-electron chi connectivity index (χ3n) is 5.46. The van der Waals surface area contributed by atoms with E-state index in [0.717, 1.165) is 24.4 Å². The van der Waals surface area contributed by atoms with E-state index in [9.17, 15) is 14.0 Å². The number of ether oxygens (including phenoxy) is 1. The Morgan fingerprint density at radius 2 is 1.93 bits per heavy atom. The fourth-order valence-electron chi connectivity index (χ4n) is 4.05. The summed E-state index contributed by atoms with van der Waals surface area (Å²) in [4.78, 5) is 34.4. The lowest BCUT2D eigenvalue weighted by Crippen LogP contribution is -2.54. The molecule has 2 aliphatic rings. The second-order valence-electron chi connectivity index (χ2n) is 8.85. The maximum atomic E-state index is 13.2. The third kappa shape index (κ3) is 4.39. The second-order valence-corrected chi connectivity index (χ2v) is 9.74. The summed E-state index contributed by atoms with van der Waals surface area (Å²) in [5.74, 6) is -0.642. The summed E-state index contributed by atoms with van der Waals surface area (Å²) in [6.45, 7) is 7.86. The third-order valence-corrected chi connectivity index (χ3v) is 6.41. The number of nitrogens with zero attached hydrogens (tertiary/aromatic N) is 3. The van der Waals surface area contributed by atoms with Crippen molar-refractivity contribution in [3.05, 3.63) is 51.7 Å². The van der Waals surface area contributed by atoms with Crippen LogP contribution in [0, 0.1) is 5.82 Å². The zero-order chi connectivity index (χ0) is 21.5. The zero-order valence-corrected chi connectivity index (χ0v) is 18.2. The molecule has 0 bridgehead atoms. The lowest BCUT2D eigenvalue weighted by Gasteiger charge is -2.42. The van der Waals surface area contributed by atoms with E-state index in [2.05, 4.69) is 9.88 Å². The number of benzene rings is 1. The van der Waals surface area contributed by atoms with Crippen LogP contribution >= 0.6 is 11.3 Å². The summed E-state index contributed by atoms with van der Waals surface area (Å²) < 4.78 is 18.8. The molecule has 8 heteroatoms. The minimum Gasteiger partial charge on any atom is -0.444 e. The topological polar surface area (TPSA) is 62.7 Å². The lowest BCUT2D eigenvalue weighted by molar-refractivity contribution is -0.00930. The van der Waals surface area contributed by atoms with Gasteiger partial charge >= 0.3 is 6.09 Å². The first kappa shape index (κ1) is 20.9. The Labute approximate surface area is 179 Å². The molecule has 6 nitrogen and oxygen atoms in total. The van der Waals surface area contributed by atoms with Crippen molar-refractivity contribution in [3.8, 4) is 0 Å². The zero-order valence-electron chi connectivity index (χ0n) is 17.4. The number of halogens is 1. The SMILES string of the molecule is CC(C)(C)OC(=O)N1C[C@@H]2CCCN2C[C@H]1c1nc(C(=O)c2ccc(F)cc2)cs1. The predicted molar refractivity (Wildman–Crippen MR) is 112 cm³/mol. The van der Waals surface area contributed by atoms with Crippen LogP contribution in [0.25, 0.3) is 0 Å². The number of fused-ring (bicyclic) bond motifs is 1. The Balaban J connectivity index is 1.59. The molecule has 0 saturated carbocycles. The van der Waals surface area contributed by atoms with Gasteiger partial charge in [0, 0.05) is 30.1 Å². The maximum Gasteiger partial charge on any atom is 0.410 e. The highest BCUT2D eigenvalue weighted by Crippen LogP contribution is 2.35. The Morgan fingerprint density at radius 1 is 1.20 bits per heavy atom. The Bertz CT molecular complexity index is 938. The minimum absolute atomic E-state index is 0.254. The monoisotopic (exact) mass is 431 g/mol. The van der Waals surface area contributed by atoms with Crippen LogP contribution in [0.5, 0.6) is 0 Å². The average Bonchev–Trinajstić information content (AvgIpc) is 3.34. The molecular formula is C22H26FN3O3S. The first-order valence-electron chi connectivity index (χ1n) is 10.2. The minimum atomic E-state index is -0.582. The average molecular weight is 432 g/mol. The van der Waals surface area contributed by atoms with Gasteiger partial charge in [-0.3, -0.25) is 14.6 Å². The molecule has 0 unspecified atom stereocenters. The van der Waals surface area contributed by atoms with Crippen molar-refractivity contribution in [2.75, 3.05) is 19.6 Å². The molecule has 2 saturated heterocycles. The van der Waals surface area contributed by atoms with Gasteiger partial charge in [-0.15, -0.1) is 11.3 Å². The van der Waals surface area contributed by atoms with E-state index < -0.39 is 5.60 Å². The van der Waals surface area contributed by atoms with Gasteiger partial charge in [-0.1, -0.05) is 0 Å². The highest BCUT2D eigenvalue weighted by atomic mass is 32.1. The van der Waals surface area contributed by atoms with Crippen molar-refractivity contribution in [2.45, 2.75) is 51.3 Å². The number of carbonyl (C=O) groups excluding carboxylic acids is 2. The first-order valence-corrected chi connectivity index (χ1v) is 11.1. The van der Waals surface area contributed by atoms with Crippen LogP contribution in [0.3, 0.4) is 0 Å². The van der Waals surface area contributed by atoms with Crippen molar-refractivity contribution in [1.29, 1.82) is 0 Å². The van der Waals surface area contributed by atoms with Gasteiger partial charge in [-0.25, -0.2) is 14.2 Å². The fourth-order valence-corrected chi connectivity index (χ4v) is 4.95. The number of thiazole rings is 1. The van der Waals surface area contributed by atoms with Crippen LogP contribution in [0.4, 0.5) is 9.18 Å². The Kier molecular flexibility index (Phi) is 5.63. The summed E-state index contributed by atoms with van der Waals surface area (Å²) in [5.41, 5.74) is 0.121. The van der Waals surface area contributed by atoms with Crippen molar-refractivity contribution in [1.82, 2.24) is 14.8 Å². The molecule has 2 fully saturated rings. The molecule has 1 aromatic carbocycles. The number of hydrogen-bond donors (Lipinski definition) is 0. The molecule has 0 radical (unpaired) electrons. The number of hydrogen-bond acceptors (Lipinski definition) is 6.